The minimum atomic E-state index is -4.21. The van der Waals surface area contributed by atoms with Crippen LogP contribution in [0.25, 0.3) is 0 Å². The molecule has 96 valence electrons. The van der Waals surface area contributed by atoms with Crippen LogP contribution in [-0.2, 0) is 0 Å². The van der Waals surface area contributed by atoms with Crippen LogP contribution < -0.4 is 5.32 Å². The molecule has 0 bridgehead atoms. The number of benzene rings is 1. The lowest BCUT2D eigenvalue weighted by Gasteiger charge is -2.21. The van der Waals surface area contributed by atoms with Crippen LogP contribution in [0.3, 0.4) is 0 Å². The Balaban J connectivity index is 2.45. The summed E-state index contributed by atoms with van der Waals surface area (Å²) < 4.78 is 50.4. The summed E-state index contributed by atoms with van der Waals surface area (Å²) in [6, 6.07) is 5.64. The molecular weight excluding hydrogens is 306 g/mol. The van der Waals surface area contributed by atoms with Gasteiger partial charge in [-0.05, 0) is 40.2 Å². The van der Waals surface area contributed by atoms with Gasteiger partial charge in [0.1, 0.15) is 5.75 Å². The van der Waals surface area contributed by atoms with Crippen LogP contribution in [0.4, 0.5) is 23.2 Å². The highest BCUT2D eigenvalue weighted by Gasteiger charge is 2.53. The quantitative estimate of drug-likeness (QED) is 0.492. The molecule has 17 heavy (non-hydrogen) atoms. The standard InChI is InChI=1S/C10H10BrF4NO/c11-10(14,15)9(12,13)5-6-16-7-1-3-8(17)4-2-7/h1-4,16-17H,5-6H2. The number of rotatable bonds is 5. The minimum Gasteiger partial charge on any atom is -0.508 e. The number of halogens is 5. The highest BCUT2D eigenvalue weighted by molar-refractivity contribution is 9.10. The number of nitrogens with one attached hydrogen (secondary N) is 1. The van der Waals surface area contributed by atoms with E-state index in [0.717, 1.165) is 0 Å². The Morgan fingerprint density at radius 2 is 1.65 bits per heavy atom. The fourth-order valence-electron chi connectivity index (χ4n) is 1.08. The summed E-state index contributed by atoms with van der Waals surface area (Å²) in [5.41, 5.74) is 0.469. The first kappa shape index (κ1) is 14.1. The first-order chi connectivity index (χ1) is 7.72. The number of hydrogen-bond acceptors (Lipinski definition) is 2. The summed E-state index contributed by atoms with van der Waals surface area (Å²) >= 11 is 1.65. The first-order valence-corrected chi connectivity index (χ1v) is 5.49. The van der Waals surface area contributed by atoms with Gasteiger partial charge in [-0.2, -0.15) is 17.6 Å². The van der Waals surface area contributed by atoms with Crippen molar-refractivity contribution in [3.05, 3.63) is 24.3 Å². The molecule has 0 aliphatic carbocycles. The van der Waals surface area contributed by atoms with Crippen molar-refractivity contribution in [1.29, 1.82) is 0 Å². The molecule has 0 radical (unpaired) electrons. The Kier molecular flexibility index (Phi) is 4.24. The van der Waals surface area contributed by atoms with Crippen LogP contribution >= 0.6 is 15.9 Å². The summed E-state index contributed by atoms with van der Waals surface area (Å²) in [5.74, 6) is -4.08. The van der Waals surface area contributed by atoms with Gasteiger partial charge in [-0.1, -0.05) is 0 Å². The molecule has 0 atom stereocenters. The van der Waals surface area contributed by atoms with E-state index in [2.05, 4.69) is 5.32 Å². The van der Waals surface area contributed by atoms with Crippen molar-refractivity contribution in [2.24, 2.45) is 0 Å². The van der Waals surface area contributed by atoms with Crippen LogP contribution in [0.1, 0.15) is 6.42 Å². The Hall–Kier alpha value is -0.980. The van der Waals surface area contributed by atoms with Crippen molar-refractivity contribution >= 4 is 21.6 Å². The van der Waals surface area contributed by atoms with Gasteiger partial charge in [-0.3, -0.25) is 0 Å². The second-order valence-corrected chi connectivity index (χ2v) is 4.42. The zero-order valence-corrected chi connectivity index (χ0v) is 10.1. The Labute approximate surface area is 104 Å². The Morgan fingerprint density at radius 3 is 2.12 bits per heavy atom. The summed E-state index contributed by atoms with van der Waals surface area (Å²) in [7, 11) is 0. The smallest absolute Gasteiger partial charge is 0.363 e. The predicted molar refractivity (Wildman–Crippen MR) is 60.0 cm³/mol. The second kappa shape index (κ2) is 5.12. The van der Waals surface area contributed by atoms with Gasteiger partial charge in [0.15, 0.2) is 0 Å². The zero-order valence-electron chi connectivity index (χ0n) is 8.56. The van der Waals surface area contributed by atoms with E-state index >= 15 is 0 Å². The molecule has 2 nitrogen and oxygen atoms in total. The van der Waals surface area contributed by atoms with Gasteiger partial charge in [0.2, 0.25) is 0 Å². The third-order valence-electron chi connectivity index (χ3n) is 2.05. The van der Waals surface area contributed by atoms with Gasteiger partial charge in [-0.25, -0.2) is 0 Å². The number of phenols is 1. The van der Waals surface area contributed by atoms with E-state index in [0.29, 0.717) is 5.69 Å². The van der Waals surface area contributed by atoms with Crippen LogP contribution in [0, 0.1) is 0 Å². The van der Waals surface area contributed by atoms with E-state index in [9.17, 15) is 17.6 Å². The maximum absolute atomic E-state index is 12.8. The molecule has 2 N–H and O–H groups in total. The second-order valence-electron chi connectivity index (χ2n) is 3.43. The Bertz CT molecular complexity index is 364. The molecule has 0 saturated carbocycles. The zero-order chi connectivity index (χ0) is 13.1. The van der Waals surface area contributed by atoms with Gasteiger partial charge in [0, 0.05) is 18.7 Å². The summed E-state index contributed by atoms with van der Waals surface area (Å²) in [6.07, 6.45) is -1.01. The Morgan fingerprint density at radius 1 is 1.12 bits per heavy atom. The molecule has 1 aromatic carbocycles. The molecular formula is C10H10BrF4NO. The van der Waals surface area contributed by atoms with Crippen LogP contribution in [-0.4, -0.2) is 22.4 Å². The average molecular weight is 316 g/mol. The normalized spacial score (nSPS) is 12.5. The lowest BCUT2D eigenvalue weighted by Crippen LogP contribution is -2.36. The summed E-state index contributed by atoms with van der Waals surface area (Å²) in [6.45, 7) is -0.307. The molecule has 7 heteroatoms. The maximum Gasteiger partial charge on any atom is 0.363 e. The number of alkyl halides is 5. The van der Waals surface area contributed by atoms with E-state index < -0.39 is 17.2 Å². The molecule has 0 heterocycles. The van der Waals surface area contributed by atoms with Crippen LogP contribution in [0.15, 0.2) is 24.3 Å². The van der Waals surface area contributed by atoms with Gasteiger partial charge < -0.3 is 10.4 Å². The van der Waals surface area contributed by atoms with Crippen molar-refractivity contribution in [3.8, 4) is 5.75 Å². The molecule has 0 aromatic heterocycles. The molecule has 0 aliphatic heterocycles. The van der Waals surface area contributed by atoms with Gasteiger partial charge in [-0.15, -0.1) is 0 Å². The molecule has 0 fully saturated rings. The van der Waals surface area contributed by atoms with E-state index in [1.807, 2.05) is 0 Å². The monoisotopic (exact) mass is 315 g/mol. The predicted octanol–water partition coefficient (Wildman–Crippen LogP) is 3.82. The van der Waals surface area contributed by atoms with Crippen molar-refractivity contribution in [2.45, 2.75) is 17.2 Å². The summed E-state index contributed by atoms with van der Waals surface area (Å²) in [5, 5.41) is 11.5. The largest absolute Gasteiger partial charge is 0.508 e. The lowest BCUT2D eigenvalue weighted by molar-refractivity contribution is -0.148. The minimum absolute atomic E-state index is 0.0351. The molecule has 0 spiro atoms. The number of hydrogen-bond donors (Lipinski definition) is 2. The van der Waals surface area contributed by atoms with E-state index in [-0.39, 0.29) is 12.3 Å². The van der Waals surface area contributed by atoms with Gasteiger partial charge in [0.25, 0.3) is 0 Å². The van der Waals surface area contributed by atoms with Crippen LogP contribution in [0.2, 0.25) is 0 Å². The van der Waals surface area contributed by atoms with Gasteiger partial charge in [0.05, 0.1) is 0 Å². The van der Waals surface area contributed by atoms with Crippen LogP contribution in [0.5, 0.6) is 5.75 Å². The molecule has 0 unspecified atom stereocenters. The SMILES string of the molecule is Oc1ccc(NCCC(F)(F)C(F)(F)Br)cc1. The first-order valence-electron chi connectivity index (χ1n) is 4.70. The fourth-order valence-corrected chi connectivity index (χ4v) is 1.28. The maximum atomic E-state index is 12.8. The molecule has 0 saturated heterocycles. The molecule has 0 aliphatic rings. The third kappa shape index (κ3) is 4.07. The number of aromatic hydroxyl groups is 1. The highest BCUT2D eigenvalue weighted by Crippen LogP contribution is 2.41. The number of anilines is 1. The highest BCUT2D eigenvalue weighted by atomic mass is 79.9. The van der Waals surface area contributed by atoms with Crippen molar-refractivity contribution in [3.63, 3.8) is 0 Å². The van der Waals surface area contributed by atoms with E-state index in [1.165, 1.54) is 24.3 Å². The molecule has 1 aromatic rings. The lowest BCUT2D eigenvalue weighted by atomic mass is 10.2. The van der Waals surface area contributed by atoms with Crippen molar-refractivity contribution < 1.29 is 22.7 Å². The van der Waals surface area contributed by atoms with Crippen molar-refractivity contribution in [2.75, 3.05) is 11.9 Å². The van der Waals surface area contributed by atoms with Crippen molar-refractivity contribution in [1.82, 2.24) is 0 Å². The number of phenolic OH excluding ortho intramolecular Hbond substituents is 1. The molecule has 0 amide bonds. The third-order valence-corrected chi connectivity index (χ3v) is 2.63. The summed E-state index contributed by atoms with van der Waals surface area (Å²) in [4.78, 5) is -4.21. The van der Waals surface area contributed by atoms with Gasteiger partial charge >= 0.3 is 10.8 Å². The van der Waals surface area contributed by atoms with E-state index in [4.69, 9.17) is 5.11 Å². The topological polar surface area (TPSA) is 32.3 Å². The average Bonchev–Trinajstić information content (AvgIpc) is 2.19. The molecule has 1 rings (SSSR count). The fraction of sp³-hybridized carbons (Fsp3) is 0.400. The van der Waals surface area contributed by atoms with E-state index in [1.54, 1.807) is 15.9 Å².